The van der Waals surface area contributed by atoms with E-state index in [1.807, 2.05) is 31.2 Å². The third kappa shape index (κ3) is 3.99. The molecule has 0 unspecified atom stereocenters. The van der Waals surface area contributed by atoms with Crippen LogP contribution in [0.3, 0.4) is 0 Å². The number of benzene rings is 1. The van der Waals surface area contributed by atoms with Gasteiger partial charge in [-0.25, -0.2) is 4.79 Å². The van der Waals surface area contributed by atoms with Gasteiger partial charge in [-0.1, -0.05) is 24.3 Å². The second-order valence-corrected chi connectivity index (χ2v) is 6.76. The van der Waals surface area contributed by atoms with Crippen LogP contribution < -0.4 is 11.2 Å². The van der Waals surface area contributed by atoms with E-state index in [4.69, 9.17) is 0 Å². The number of amides is 1. The number of carboxylic acids is 1. The van der Waals surface area contributed by atoms with Gasteiger partial charge in [0.15, 0.2) is 0 Å². The molecule has 1 aromatic heterocycles. The molecule has 2 heterocycles. The molecule has 2 N–H and O–H groups in total. The Balaban J connectivity index is 1.72. The predicted molar refractivity (Wildman–Crippen MR) is 97.6 cm³/mol. The van der Waals surface area contributed by atoms with Gasteiger partial charge in [-0.3, -0.25) is 19.4 Å². The fourth-order valence-corrected chi connectivity index (χ4v) is 3.57. The third-order valence-electron chi connectivity index (χ3n) is 5.04. The molecule has 8 heteroatoms. The molecule has 8 nitrogen and oxygen atoms in total. The van der Waals surface area contributed by atoms with Crippen molar-refractivity contribution in [2.45, 2.75) is 25.8 Å². The van der Waals surface area contributed by atoms with E-state index < -0.39 is 23.1 Å². The first-order valence-electron chi connectivity index (χ1n) is 8.72. The average Bonchev–Trinajstić information content (AvgIpc) is 3.06. The lowest BCUT2D eigenvalue weighted by atomic mass is 9.86. The highest BCUT2D eigenvalue weighted by Gasteiger charge is 2.40. The normalized spacial score (nSPS) is 19.2. The fraction of sp³-hybridized carbons (Fsp3) is 0.368. The van der Waals surface area contributed by atoms with Gasteiger partial charge in [0.05, 0.1) is 5.92 Å². The second kappa shape index (κ2) is 7.61. The summed E-state index contributed by atoms with van der Waals surface area (Å²) in [5.74, 6) is -2.06. The van der Waals surface area contributed by atoms with E-state index in [1.54, 1.807) is 4.90 Å². The van der Waals surface area contributed by atoms with E-state index in [1.165, 1.54) is 16.8 Å². The van der Waals surface area contributed by atoms with Crippen LogP contribution in [0.25, 0.3) is 0 Å². The van der Waals surface area contributed by atoms with Gasteiger partial charge in [0.1, 0.15) is 0 Å². The minimum Gasteiger partial charge on any atom is -0.481 e. The zero-order chi connectivity index (χ0) is 19.6. The number of H-pyrrole nitrogens is 1. The van der Waals surface area contributed by atoms with E-state index in [0.29, 0.717) is 6.54 Å². The Morgan fingerprint density at radius 3 is 2.59 bits per heavy atom. The van der Waals surface area contributed by atoms with E-state index in [2.05, 4.69) is 4.98 Å². The van der Waals surface area contributed by atoms with Crippen molar-refractivity contribution in [1.82, 2.24) is 14.5 Å². The monoisotopic (exact) mass is 371 g/mol. The summed E-state index contributed by atoms with van der Waals surface area (Å²) in [5, 5.41) is 9.59. The third-order valence-corrected chi connectivity index (χ3v) is 5.04. The summed E-state index contributed by atoms with van der Waals surface area (Å²) < 4.78 is 1.25. The molecular weight excluding hydrogens is 350 g/mol. The van der Waals surface area contributed by atoms with E-state index in [9.17, 15) is 24.3 Å². The number of rotatable bonds is 5. The van der Waals surface area contributed by atoms with Crippen molar-refractivity contribution < 1.29 is 14.7 Å². The van der Waals surface area contributed by atoms with Gasteiger partial charge in [0.2, 0.25) is 5.91 Å². The lowest BCUT2D eigenvalue weighted by molar-refractivity contribution is -0.141. The van der Waals surface area contributed by atoms with E-state index >= 15 is 0 Å². The summed E-state index contributed by atoms with van der Waals surface area (Å²) in [5.41, 5.74) is 0.880. The molecule has 1 amide bonds. The number of carbonyl (C=O) groups excluding carboxylic acids is 1. The van der Waals surface area contributed by atoms with E-state index in [0.717, 1.165) is 11.1 Å². The van der Waals surface area contributed by atoms with Gasteiger partial charge in [-0.15, -0.1) is 0 Å². The molecule has 2 aromatic rings. The summed E-state index contributed by atoms with van der Waals surface area (Å²) in [6.07, 6.45) is 1.40. The van der Waals surface area contributed by atoms with Crippen molar-refractivity contribution in [1.29, 1.82) is 0 Å². The van der Waals surface area contributed by atoms with Crippen LogP contribution in [0.15, 0.2) is 46.1 Å². The highest BCUT2D eigenvalue weighted by molar-refractivity contribution is 5.79. The van der Waals surface area contributed by atoms with Crippen LogP contribution in [0, 0.1) is 12.8 Å². The number of nitrogens with zero attached hydrogens (tertiary/aromatic N) is 2. The standard InChI is InChI=1S/C19H21N3O5/c1-12-4-2-3-5-13(12)14-10-22(11-15(14)18(25)26)17(24)7-9-21-8-6-16(23)20-19(21)27/h2-6,8,14-15H,7,9-11H2,1H3,(H,25,26)(H,20,23,27)/t14-,15+/m0/s1. The smallest absolute Gasteiger partial charge is 0.328 e. The van der Waals surface area contributed by atoms with Crippen molar-refractivity contribution in [3.63, 3.8) is 0 Å². The SMILES string of the molecule is Cc1ccccc1[C@@H]1CN(C(=O)CCn2ccc(=O)[nH]c2=O)C[C@H]1C(=O)O. The number of hydrogen-bond donors (Lipinski definition) is 2. The van der Waals surface area contributed by atoms with Crippen molar-refractivity contribution in [2.24, 2.45) is 5.92 Å². The molecule has 0 bridgehead atoms. The molecule has 1 aliphatic rings. The summed E-state index contributed by atoms with van der Waals surface area (Å²) in [6, 6.07) is 8.82. The topological polar surface area (TPSA) is 112 Å². The number of carbonyl (C=O) groups is 2. The van der Waals surface area contributed by atoms with Crippen LogP contribution >= 0.6 is 0 Å². The molecule has 2 atom stereocenters. The zero-order valence-electron chi connectivity index (χ0n) is 14.9. The maximum Gasteiger partial charge on any atom is 0.328 e. The number of aliphatic carboxylic acids is 1. The van der Waals surface area contributed by atoms with Crippen molar-refractivity contribution in [3.05, 3.63) is 68.5 Å². The highest BCUT2D eigenvalue weighted by Crippen LogP contribution is 2.34. The molecule has 1 aromatic carbocycles. The molecule has 0 radical (unpaired) electrons. The maximum atomic E-state index is 12.6. The molecule has 0 saturated carbocycles. The Morgan fingerprint density at radius 2 is 1.93 bits per heavy atom. The number of hydrogen-bond acceptors (Lipinski definition) is 4. The molecule has 142 valence electrons. The number of nitrogens with one attached hydrogen (secondary N) is 1. The number of aryl methyl sites for hydroxylation is 2. The molecule has 1 aliphatic heterocycles. The fourth-order valence-electron chi connectivity index (χ4n) is 3.57. The predicted octanol–water partition coefficient (Wildman–Crippen LogP) is 0.562. The molecule has 3 rings (SSSR count). The maximum absolute atomic E-state index is 12.6. The second-order valence-electron chi connectivity index (χ2n) is 6.76. The van der Waals surface area contributed by atoms with Crippen LogP contribution in [0.4, 0.5) is 0 Å². The Hall–Kier alpha value is -3.16. The highest BCUT2D eigenvalue weighted by atomic mass is 16.4. The Kier molecular flexibility index (Phi) is 5.25. The Labute approximate surface area is 155 Å². The van der Waals surface area contributed by atoms with Crippen LogP contribution in [-0.2, 0) is 16.1 Å². The van der Waals surface area contributed by atoms with Gasteiger partial charge >= 0.3 is 11.7 Å². The van der Waals surface area contributed by atoms with Gasteiger partial charge in [0.25, 0.3) is 5.56 Å². The van der Waals surface area contributed by atoms with Gasteiger partial charge in [-0.2, -0.15) is 0 Å². The molecular formula is C19H21N3O5. The van der Waals surface area contributed by atoms with Gasteiger partial charge < -0.3 is 14.6 Å². The number of likely N-dealkylation sites (tertiary alicyclic amines) is 1. The summed E-state index contributed by atoms with van der Waals surface area (Å²) in [6.45, 7) is 2.54. The first-order valence-corrected chi connectivity index (χ1v) is 8.72. The summed E-state index contributed by atoms with van der Waals surface area (Å²) in [4.78, 5) is 50.7. The minimum atomic E-state index is -0.921. The van der Waals surface area contributed by atoms with Crippen molar-refractivity contribution in [3.8, 4) is 0 Å². The van der Waals surface area contributed by atoms with Crippen LogP contribution in [0.2, 0.25) is 0 Å². The molecule has 1 fully saturated rings. The number of aromatic nitrogens is 2. The average molecular weight is 371 g/mol. The first-order chi connectivity index (χ1) is 12.9. The lowest BCUT2D eigenvalue weighted by Gasteiger charge is -2.18. The number of aromatic amines is 1. The van der Waals surface area contributed by atoms with Crippen LogP contribution in [0.1, 0.15) is 23.5 Å². The molecule has 27 heavy (non-hydrogen) atoms. The van der Waals surface area contributed by atoms with E-state index in [-0.39, 0.29) is 31.3 Å². The molecule has 1 saturated heterocycles. The first kappa shape index (κ1) is 18.6. The van der Waals surface area contributed by atoms with Crippen molar-refractivity contribution in [2.75, 3.05) is 13.1 Å². The molecule has 0 aliphatic carbocycles. The van der Waals surface area contributed by atoms with Crippen LogP contribution in [-0.4, -0.2) is 44.5 Å². The van der Waals surface area contributed by atoms with Crippen molar-refractivity contribution >= 4 is 11.9 Å². The summed E-state index contributed by atoms with van der Waals surface area (Å²) in [7, 11) is 0. The molecule has 0 spiro atoms. The van der Waals surface area contributed by atoms with Crippen LogP contribution in [0.5, 0.6) is 0 Å². The number of carboxylic acid groups (broad SMARTS) is 1. The minimum absolute atomic E-state index is 0.0543. The zero-order valence-corrected chi connectivity index (χ0v) is 14.9. The lowest BCUT2D eigenvalue weighted by Crippen LogP contribution is -2.33. The summed E-state index contributed by atoms with van der Waals surface area (Å²) >= 11 is 0. The van der Waals surface area contributed by atoms with Gasteiger partial charge in [-0.05, 0) is 18.1 Å². The quantitative estimate of drug-likeness (QED) is 0.798. The largest absolute Gasteiger partial charge is 0.481 e. The Bertz CT molecular complexity index is 978. The van der Waals surface area contributed by atoms with Gasteiger partial charge in [0, 0.05) is 44.2 Å². The Morgan fingerprint density at radius 1 is 1.19 bits per heavy atom.